The van der Waals surface area contributed by atoms with Gasteiger partial charge in [-0.3, -0.25) is 4.79 Å². The van der Waals surface area contributed by atoms with Crippen molar-refractivity contribution in [2.24, 2.45) is 0 Å². The van der Waals surface area contributed by atoms with Gasteiger partial charge in [-0.15, -0.1) is 0 Å². The standard InChI is InChI=1S/C12H21NO3/c1-3-5-6-7-10-16-12(15)9-8-11(14)13-4-2/h8-9H,3-7,10H2,1-2H3,(H,13,14)/b9-8-. The number of carbonyl (C=O) groups excluding carboxylic acids is 2. The van der Waals surface area contributed by atoms with Gasteiger partial charge < -0.3 is 10.1 Å². The molecule has 0 atom stereocenters. The Balaban J connectivity index is 3.54. The molecule has 0 aliphatic carbocycles. The maximum absolute atomic E-state index is 11.1. The molecule has 0 saturated heterocycles. The second kappa shape index (κ2) is 10.2. The second-order valence-corrected chi connectivity index (χ2v) is 3.46. The molecule has 0 aliphatic rings. The van der Waals surface area contributed by atoms with E-state index in [1.54, 1.807) is 0 Å². The van der Waals surface area contributed by atoms with E-state index in [-0.39, 0.29) is 5.91 Å². The van der Waals surface area contributed by atoms with E-state index >= 15 is 0 Å². The van der Waals surface area contributed by atoms with Crippen molar-refractivity contribution in [1.29, 1.82) is 0 Å². The van der Waals surface area contributed by atoms with E-state index in [2.05, 4.69) is 12.2 Å². The molecular weight excluding hydrogens is 206 g/mol. The smallest absolute Gasteiger partial charge is 0.330 e. The van der Waals surface area contributed by atoms with Gasteiger partial charge in [0.15, 0.2) is 0 Å². The number of carbonyl (C=O) groups is 2. The molecule has 0 aromatic heterocycles. The molecule has 0 aliphatic heterocycles. The van der Waals surface area contributed by atoms with Crippen LogP contribution < -0.4 is 5.32 Å². The summed E-state index contributed by atoms with van der Waals surface area (Å²) in [6, 6.07) is 0. The van der Waals surface area contributed by atoms with Crippen molar-refractivity contribution in [3.8, 4) is 0 Å². The maximum Gasteiger partial charge on any atom is 0.330 e. The third-order valence-electron chi connectivity index (χ3n) is 1.96. The molecule has 0 rings (SSSR count). The van der Waals surface area contributed by atoms with Gasteiger partial charge in [0.25, 0.3) is 0 Å². The van der Waals surface area contributed by atoms with Crippen molar-refractivity contribution < 1.29 is 14.3 Å². The minimum absolute atomic E-state index is 0.273. The van der Waals surface area contributed by atoms with Gasteiger partial charge in [0.05, 0.1) is 6.61 Å². The molecule has 1 N–H and O–H groups in total. The molecule has 92 valence electrons. The van der Waals surface area contributed by atoms with E-state index < -0.39 is 5.97 Å². The Kier molecular flexibility index (Phi) is 9.36. The van der Waals surface area contributed by atoms with Crippen LogP contribution in [0.25, 0.3) is 0 Å². The summed E-state index contributed by atoms with van der Waals surface area (Å²) in [7, 11) is 0. The molecule has 0 heterocycles. The van der Waals surface area contributed by atoms with Crippen molar-refractivity contribution >= 4 is 11.9 Å². The van der Waals surface area contributed by atoms with Crippen molar-refractivity contribution in [2.45, 2.75) is 39.5 Å². The lowest BCUT2D eigenvalue weighted by molar-refractivity contribution is -0.138. The molecule has 0 fully saturated rings. The van der Waals surface area contributed by atoms with Crippen LogP contribution in [0.4, 0.5) is 0 Å². The largest absolute Gasteiger partial charge is 0.463 e. The predicted molar refractivity (Wildman–Crippen MR) is 62.9 cm³/mol. The number of esters is 1. The van der Waals surface area contributed by atoms with Gasteiger partial charge in [0.2, 0.25) is 5.91 Å². The monoisotopic (exact) mass is 227 g/mol. The Hall–Kier alpha value is -1.32. The van der Waals surface area contributed by atoms with Crippen LogP contribution in [-0.2, 0) is 14.3 Å². The van der Waals surface area contributed by atoms with Crippen molar-refractivity contribution in [3.05, 3.63) is 12.2 Å². The van der Waals surface area contributed by atoms with Gasteiger partial charge in [-0.1, -0.05) is 26.2 Å². The summed E-state index contributed by atoms with van der Waals surface area (Å²) in [5.41, 5.74) is 0. The molecule has 4 heteroatoms. The fourth-order valence-electron chi connectivity index (χ4n) is 1.13. The summed E-state index contributed by atoms with van der Waals surface area (Å²) in [6.45, 7) is 4.92. The molecule has 4 nitrogen and oxygen atoms in total. The van der Waals surface area contributed by atoms with Crippen LogP contribution in [0, 0.1) is 0 Å². The zero-order valence-electron chi connectivity index (χ0n) is 10.1. The number of amides is 1. The Morgan fingerprint density at radius 1 is 1.12 bits per heavy atom. The topological polar surface area (TPSA) is 55.4 Å². The van der Waals surface area contributed by atoms with Gasteiger partial charge in [-0.05, 0) is 13.3 Å². The van der Waals surface area contributed by atoms with Crippen LogP contribution in [0.15, 0.2) is 12.2 Å². The number of nitrogens with one attached hydrogen (secondary N) is 1. The molecule has 0 aromatic rings. The predicted octanol–water partition coefficient (Wildman–Crippen LogP) is 1.80. The lowest BCUT2D eigenvalue weighted by atomic mass is 10.2. The number of likely N-dealkylation sites (N-methyl/N-ethyl adjacent to an activating group) is 1. The number of unbranched alkanes of at least 4 members (excludes halogenated alkanes) is 3. The lowest BCUT2D eigenvalue weighted by Crippen LogP contribution is -2.20. The van der Waals surface area contributed by atoms with E-state index in [0.29, 0.717) is 13.2 Å². The van der Waals surface area contributed by atoms with Crippen molar-refractivity contribution in [2.75, 3.05) is 13.2 Å². The zero-order chi connectivity index (χ0) is 12.2. The summed E-state index contributed by atoms with van der Waals surface area (Å²) >= 11 is 0. The molecule has 0 saturated carbocycles. The van der Waals surface area contributed by atoms with Gasteiger partial charge in [0, 0.05) is 18.7 Å². The quantitative estimate of drug-likeness (QED) is 0.391. The van der Waals surface area contributed by atoms with Gasteiger partial charge >= 0.3 is 5.97 Å². The molecular formula is C12H21NO3. The molecule has 0 spiro atoms. The lowest BCUT2D eigenvalue weighted by Gasteiger charge is -2.01. The highest BCUT2D eigenvalue weighted by molar-refractivity contribution is 5.94. The summed E-state index contributed by atoms with van der Waals surface area (Å²) in [4.78, 5) is 22.1. The summed E-state index contributed by atoms with van der Waals surface area (Å²) in [5.74, 6) is -0.729. The van der Waals surface area contributed by atoms with Gasteiger partial charge in [0.1, 0.15) is 0 Å². The third kappa shape index (κ3) is 9.24. The Bertz CT molecular complexity index is 236. The first kappa shape index (κ1) is 14.7. The van der Waals surface area contributed by atoms with E-state index in [9.17, 15) is 9.59 Å². The summed E-state index contributed by atoms with van der Waals surface area (Å²) in [6.07, 6.45) is 6.62. The first-order valence-electron chi connectivity index (χ1n) is 5.83. The Morgan fingerprint density at radius 3 is 2.50 bits per heavy atom. The van der Waals surface area contributed by atoms with Crippen LogP contribution in [0.2, 0.25) is 0 Å². The Labute approximate surface area is 97.1 Å². The van der Waals surface area contributed by atoms with Crippen molar-refractivity contribution in [3.63, 3.8) is 0 Å². The van der Waals surface area contributed by atoms with E-state index in [1.807, 2.05) is 6.92 Å². The third-order valence-corrected chi connectivity index (χ3v) is 1.96. The Morgan fingerprint density at radius 2 is 1.88 bits per heavy atom. The highest BCUT2D eigenvalue weighted by Gasteiger charge is 1.98. The number of hydrogen-bond donors (Lipinski definition) is 1. The average molecular weight is 227 g/mol. The van der Waals surface area contributed by atoms with E-state index in [4.69, 9.17) is 4.74 Å². The van der Waals surface area contributed by atoms with Crippen LogP contribution in [-0.4, -0.2) is 25.0 Å². The number of ether oxygens (including phenoxy) is 1. The number of rotatable bonds is 8. The summed E-state index contributed by atoms with van der Waals surface area (Å²) in [5, 5.41) is 2.55. The van der Waals surface area contributed by atoms with E-state index in [1.165, 1.54) is 6.08 Å². The fraction of sp³-hybridized carbons (Fsp3) is 0.667. The maximum atomic E-state index is 11.1. The molecule has 16 heavy (non-hydrogen) atoms. The molecule has 0 bridgehead atoms. The van der Waals surface area contributed by atoms with Crippen LogP contribution >= 0.6 is 0 Å². The molecule has 0 unspecified atom stereocenters. The first-order valence-corrected chi connectivity index (χ1v) is 5.83. The zero-order valence-corrected chi connectivity index (χ0v) is 10.1. The summed E-state index contributed by atoms with van der Waals surface area (Å²) < 4.78 is 4.91. The minimum atomic E-state index is -0.456. The SMILES string of the molecule is CCCCCCOC(=O)/C=C\C(=O)NCC. The average Bonchev–Trinajstić information content (AvgIpc) is 2.26. The van der Waals surface area contributed by atoms with Gasteiger partial charge in [-0.2, -0.15) is 0 Å². The molecule has 0 aromatic carbocycles. The first-order chi connectivity index (χ1) is 7.70. The molecule has 1 amide bonds. The molecule has 0 radical (unpaired) electrons. The number of hydrogen-bond acceptors (Lipinski definition) is 3. The van der Waals surface area contributed by atoms with Crippen LogP contribution in [0.1, 0.15) is 39.5 Å². The minimum Gasteiger partial charge on any atom is -0.463 e. The normalized spacial score (nSPS) is 10.4. The fourth-order valence-corrected chi connectivity index (χ4v) is 1.13. The van der Waals surface area contributed by atoms with Gasteiger partial charge in [-0.25, -0.2) is 4.79 Å². The highest BCUT2D eigenvalue weighted by Crippen LogP contribution is 1.99. The van der Waals surface area contributed by atoms with Crippen LogP contribution in [0.5, 0.6) is 0 Å². The van der Waals surface area contributed by atoms with E-state index in [0.717, 1.165) is 31.8 Å². The van der Waals surface area contributed by atoms with Crippen molar-refractivity contribution in [1.82, 2.24) is 5.32 Å². The second-order valence-electron chi connectivity index (χ2n) is 3.46. The highest BCUT2D eigenvalue weighted by atomic mass is 16.5. The van der Waals surface area contributed by atoms with Crippen LogP contribution in [0.3, 0.4) is 0 Å².